The van der Waals surface area contributed by atoms with Crippen LogP contribution in [0.3, 0.4) is 0 Å². The maximum atomic E-state index is 12.3. The van der Waals surface area contributed by atoms with Gasteiger partial charge in [-0.2, -0.15) is 0 Å². The minimum absolute atomic E-state index is 0.141. The van der Waals surface area contributed by atoms with Crippen LogP contribution in [0.15, 0.2) is 54.6 Å². The van der Waals surface area contributed by atoms with Gasteiger partial charge in [0.05, 0.1) is 17.3 Å². The van der Waals surface area contributed by atoms with Crippen LogP contribution in [0.25, 0.3) is 0 Å². The maximum Gasteiger partial charge on any atom is 0.338 e. The molecule has 3 amide bonds. The van der Waals surface area contributed by atoms with E-state index in [1.165, 1.54) is 24.3 Å². The van der Waals surface area contributed by atoms with Crippen molar-refractivity contribution in [3.05, 3.63) is 65.7 Å². The number of carbonyl (C=O) groups is 4. The van der Waals surface area contributed by atoms with Crippen LogP contribution in [0, 0.1) is 0 Å². The Kier molecular flexibility index (Phi) is 6.95. The quantitative estimate of drug-likeness (QED) is 0.535. The molecule has 1 aliphatic heterocycles. The minimum atomic E-state index is -0.650. The van der Waals surface area contributed by atoms with Crippen LogP contribution in [-0.2, 0) is 19.1 Å². The highest BCUT2D eigenvalue weighted by Gasteiger charge is 2.30. The summed E-state index contributed by atoms with van der Waals surface area (Å²) in [5.41, 5.74) is 1.65. The average molecular weight is 408 g/mol. The third kappa shape index (κ3) is 5.11. The van der Waals surface area contributed by atoms with Crippen molar-refractivity contribution in [3.63, 3.8) is 0 Å². The number of benzene rings is 2. The summed E-state index contributed by atoms with van der Waals surface area (Å²) in [6, 6.07) is 15.5. The fraction of sp³-hybridized carbons (Fsp3) is 0.304. The summed E-state index contributed by atoms with van der Waals surface area (Å²) in [5, 5.41) is 2.90. The largest absolute Gasteiger partial charge is 0.452 e. The lowest BCUT2D eigenvalue weighted by molar-refractivity contribution is -0.125. The van der Waals surface area contributed by atoms with Gasteiger partial charge in [0.2, 0.25) is 11.8 Å². The summed E-state index contributed by atoms with van der Waals surface area (Å²) in [6.45, 7) is 1.64. The van der Waals surface area contributed by atoms with E-state index in [2.05, 4.69) is 5.32 Å². The van der Waals surface area contributed by atoms with E-state index in [4.69, 9.17) is 4.74 Å². The number of rotatable bonds is 8. The first-order valence-electron chi connectivity index (χ1n) is 9.97. The van der Waals surface area contributed by atoms with E-state index in [0.29, 0.717) is 5.69 Å². The third-order valence-corrected chi connectivity index (χ3v) is 4.86. The van der Waals surface area contributed by atoms with Crippen molar-refractivity contribution in [2.24, 2.45) is 0 Å². The van der Waals surface area contributed by atoms with Crippen molar-refractivity contribution in [1.29, 1.82) is 0 Å². The van der Waals surface area contributed by atoms with Gasteiger partial charge in [-0.3, -0.25) is 19.3 Å². The molecule has 2 aromatic carbocycles. The number of amides is 3. The van der Waals surface area contributed by atoms with E-state index in [1.54, 1.807) is 0 Å². The Labute approximate surface area is 175 Å². The molecule has 0 radical (unpaired) electrons. The van der Waals surface area contributed by atoms with Gasteiger partial charge in [0.25, 0.3) is 5.91 Å². The summed E-state index contributed by atoms with van der Waals surface area (Å²) in [5.74, 6) is -1.54. The number of hydrogen-bond acceptors (Lipinski definition) is 5. The molecule has 156 valence electrons. The normalized spacial score (nSPS) is 14.5. The molecule has 7 heteroatoms. The number of esters is 1. The Morgan fingerprint density at radius 2 is 1.63 bits per heavy atom. The number of nitrogens with zero attached hydrogens (tertiary/aromatic N) is 1. The zero-order valence-electron chi connectivity index (χ0n) is 16.8. The zero-order valence-corrected chi connectivity index (χ0v) is 16.8. The molecule has 1 N–H and O–H groups in total. The fourth-order valence-corrected chi connectivity index (χ4v) is 3.36. The molecule has 1 fully saturated rings. The van der Waals surface area contributed by atoms with Crippen LogP contribution in [0.5, 0.6) is 0 Å². The highest BCUT2D eigenvalue weighted by Crippen LogP contribution is 2.23. The number of imide groups is 1. The zero-order chi connectivity index (χ0) is 21.5. The van der Waals surface area contributed by atoms with E-state index in [0.717, 1.165) is 23.3 Å². The van der Waals surface area contributed by atoms with E-state index < -0.39 is 12.6 Å². The number of carbonyl (C=O) groups excluding carboxylic acids is 4. The summed E-state index contributed by atoms with van der Waals surface area (Å²) in [7, 11) is 0. The molecule has 0 aromatic heterocycles. The first kappa shape index (κ1) is 21.2. The lowest BCUT2D eigenvalue weighted by atomic mass is 10.0. The van der Waals surface area contributed by atoms with Gasteiger partial charge in [0.15, 0.2) is 6.61 Å². The second-order valence-corrected chi connectivity index (χ2v) is 7.07. The van der Waals surface area contributed by atoms with Crippen LogP contribution in [0.2, 0.25) is 0 Å². The molecular formula is C23H24N2O5. The summed E-state index contributed by atoms with van der Waals surface area (Å²) in [6.07, 6.45) is 2.06. The summed E-state index contributed by atoms with van der Waals surface area (Å²) < 4.78 is 5.11. The van der Waals surface area contributed by atoms with E-state index in [-0.39, 0.29) is 42.2 Å². The highest BCUT2D eigenvalue weighted by atomic mass is 16.5. The SMILES string of the molecule is CCCC(NC(=O)COC(=O)c1ccc(N2C(=O)CCC2=O)cc1)c1ccccc1. The van der Waals surface area contributed by atoms with Crippen molar-refractivity contribution < 1.29 is 23.9 Å². The lowest BCUT2D eigenvalue weighted by Crippen LogP contribution is -2.32. The first-order valence-corrected chi connectivity index (χ1v) is 9.97. The second-order valence-electron chi connectivity index (χ2n) is 7.07. The Morgan fingerprint density at radius 1 is 1.00 bits per heavy atom. The predicted molar refractivity (Wildman–Crippen MR) is 111 cm³/mol. The maximum absolute atomic E-state index is 12.3. The van der Waals surface area contributed by atoms with Crippen molar-refractivity contribution in [2.75, 3.05) is 11.5 Å². The van der Waals surface area contributed by atoms with Crippen LogP contribution in [0.4, 0.5) is 5.69 Å². The molecule has 1 atom stereocenters. The molecule has 3 rings (SSSR count). The number of ether oxygens (including phenoxy) is 1. The van der Waals surface area contributed by atoms with Gasteiger partial charge in [-0.15, -0.1) is 0 Å². The van der Waals surface area contributed by atoms with Crippen molar-refractivity contribution in [3.8, 4) is 0 Å². The Morgan fingerprint density at radius 3 is 2.23 bits per heavy atom. The van der Waals surface area contributed by atoms with Crippen LogP contribution in [0.1, 0.15) is 54.6 Å². The smallest absolute Gasteiger partial charge is 0.338 e. The molecule has 1 aliphatic rings. The number of hydrogen-bond donors (Lipinski definition) is 1. The molecule has 0 saturated carbocycles. The van der Waals surface area contributed by atoms with Gasteiger partial charge < -0.3 is 10.1 Å². The molecule has 1 heterocycles. The van der Waals surface area contributed by atoms with Crippen molar-refractivity contribution >= 4 is 29.4 Å². The standard InChI is InChI=1S/C23H24N2O5/c1-2-6-19(16-7-4-3-5-8-16)24-20(26)15-30-23(29)17-9-11-18(12-10-17)25-21(27)13-14-22(25)28/h3-5,7-12,19H,2,6,13-15H2,1H3,(H,24,26). The molecule has 1 unspecified atom stereocenters. The molecule has 0 aliphatic carbocycles. The van der Waals surface area contributed by atoms with E-state index in [9.17, 15) is 19.2 Å². The minimum Gasteiger partial charge on any atom is -0.452 e. The van der Waals surface area contributed by atoms with Crippen LogP contribution in [-0.4, -0.2) is 30.3 Å². The van der Waals surface area contributed by atoms with Gasteiger partial charge in [-0.05, 0) is 36.2 Å². The topological polar surface area (TPSA) is 92.8 Å². The Hall–Kier alpha value is -3.48. The van der Waals surface area contributed by atoms with Gasteiger partial charge >= 0.3 is 5.97 Å². The highest BCUT2D eigenvalue weighted by molar-refractivity contribution is 6.19. The average Bonchev–Trinajstić information content (AvgIpc) is 3.10. The van der Waals surface area contributed by atoms with Gasteiger partial charge in [0, 0.05) is 12.8 Å². The Bertz CT molecular complexity index is 908. The molecule has 0 bridgehead atoms. The van der Waals surface area contributed by atoms with E-state index in [1.807, 2.05) is 37.3 Å². The number of nitrogens with one attached hydrogen (secondary N) is 1. The van der Waals surface area contributed by atoms with Gasteiger partial charge in [0.1, 0.15) is 0 Å². The summed E-state index contributed by atoms with van der Waals surface area (Å²) in [4.78, 5) is 49.2. The lowest BCUT2D eigenvalue weighted by Gasteiger charge is -2.18. The molecule has 2 aromatic rings. The van der Waals surface area contributed by atoms with Crippen LogP contribution < -0.4 is 10.2 Å². The van der Waals surface area contributed by atoms with E-state index >= 15 is 0 Å². The van der Waals surface area contributed by atoms with Crippen molar-refractivity contribution in [2.45, 2.75) is 38.6 Å². The summed E-state index contributed by atoms with van der Waals surface area (Å²) >= 11 is 0. The van der Waals surface area contributed by atoms with Crippen molar-refractivity contribution in [1.82, 2.24) is 5.32 Å². The first-order chi connectivity index (χ1) is 14.5. The monoisotopic (exact) mass is 408 g/mol. The number of anilines is 1. The fourth-order valence-electron chi connectivity index (χ4n) is 3.36. The molecule has 1 saturated heterocycles. The Balaban J connectivity index is 1.55. The molecule has 30 heavy (non-hydrogen) atoms. The van der Waals surface area contributed by atoms with Gasteiger partial charge in [-0.25, -0.2) is 4.79 Å². The molecular weight excluding hydrogens is 384 g/mol. The van der Waals surface area contributed by atoms with Gasteiger partial charge in [-0.1, -0.05) is 43.7 Å². The second kappa shape index (κ2) is 9.82. The third-order valence-electron chi connectivity index (χ3n) is 4.86. The predicted octanol–water partition coefficient (Wildman–Crippen LogP) is 3.15. The van der Waals surface area contributed by atoms with Crippen LogP contribution >= 0.6 is 0 Å². The molecule has 0 spiro atoms. The molecule has 7 nitrogen and oxygen atoms in total.